The summed E-state index contributed by atoms with van der Waals surface area (Å²) in [7, 11) is 3.80. The lowest BCUT2D eigenvalue weighted by atomic mass is 9.95. The van der Waals surface area contributed by atoms with Gasteiger partial charge in [-0.2, -0.15) is 0 Å². The topological polar surface area (TPSA) is 70.1 Å². The molecular weight excluding hydrogens is 404 g/mol. The van der Waals surface area contributed by atoms with Gasteiger partial charge < -0.3 is 19.6 Å². The van der Waals surface area contributed by atoms with Gasteiger partial charge in [0, 0.05) is 23.7 Å². The van der Waals surface area contributed by atoms with Crippen LogP contribution in [0.4, 0.5) is 0 Å². The van der Waals surface area contributed by atoms with Crippen LogP contribution in [-0.4, -0.2) is 60.4 Å². The zero-order chi connectivity index (χ0) is 21.8. The van der Waals surface area contributed by atoms with Gasteiger partial charge in [0.25, 0.3) is 11.7 Å². The first-order valence-electron chi connectivity index (χ1n) is 9.75. The maximum Gasteiger partial charge on any atom is 0.295 e. The Morgan fingerprint density at radius 2 is 1.73 bits per heavy atom. The first-order valence-corrected chi connectivity index (χ1v) is 10.1. The van der Waals surface area contributed by atoms with Crippen LogP contribution in [0.2, 0.25) is 5.02 Å². The molecule has 1 aliphatic heterocycles. The molecule has 0 spiro atoms. The van der Waals surface area contributed by atoms with Crippen LogP contribution in [0.3, 0.4) is 0 Å². The van der Waals surface area contributed by atoms with Crippen molar-refractivity contribution in [2.24, 2.45) is 0 Å². The van der Waals surface area contributed by atoms with E-state index in [1.807, 2.05) is 38.1 Å². The summed E-state index contributed by atoms with van der Waals surface area (Å²) in [6, 6.07) is 13.1. The zero-order valence-electron chi connectivity index (χ0n) is 17.3. The molecule has 30 heavy (non-hydrogen) atoms. The first kappa shape index (κ1) is 21.9. The highest BCUT2D eigenvalue weighted by atomic mass is 35.5. The van der Waals surface area contributed by atoms with Crippen LogP contribution >= 0.6 is 11.6 Å². The van der Waals surface area contributed by atoms with Gasteiger partial charge in [0.15, 0.2) is 0 Å². The predicted molar refractivity (Wildman–Crippen MR) is 117 cm³/mol. The number of halogens is 1. The smallest absolute Gasteiger partial charge is 0.295 e. The molecule has 0 aromatic heterocycles. The quantitative estimate of drug-likeness (QED) is 0.413. The van der Waals surface area contributed by atoms with Gasteiger partial charge in [-0.05, 0) is 63.0 Å². The third-order valence-corrected chi connectivity index (χ3v) is 5.20. The fourth-order valence-corrected chi connectivity index (χ4v) is 3.57. The van der Waals surface area contributed by atoms with Crippen molar-refractivity contribution < 1.29 is 19.4 Å². The van der Waals surface area contributed by atoms with E-state index < -0.39 is 17.7 Å². The van der Waals surface area contributed by atoms with Crippen LogP contribution in [0.5, 0.6) is 5.75 Å². The molecule has 2 aromatic rings. The Balaban J connectivity index is 2.10. The number of likely N-dealkylation sites (tertiary alicyclic amines) is 1. The van der Waals surface area contributed by atoms with Crippen molar-refractivity contribution in [3.63, 3.8) is 0 Å². The lowest BCUT2D eigenvalue weighted by Gasteiger charge is -2.26. The number of Topliss-reactive ketones (excluding diaryl/α,β-unsaturated/α-hetero) is 1. The highest BCUT2D eigenvalue weighted by molar-refractivity contribution is 6.46. The fraction of sp³-hybridized carbons (Fsp3) is 0.304. The van der Waals surface area contributed by atoms with Gasteiger partial charge in [-0.3, -0.25) is 9.59 Å². The number of ketones is 1. The van der Waals surface area contributed by atoms with Crippen LogP contribution in [0.15, 0.2) is 54.1 Å². The highest BCUT2D eigenvalue weighted by Crippen LogP contribution is 2.39. The Morgan fingerprint density at radius 1 is 1.10 bits per heavy atom. The lowest BCUT2D eigenvalue weighted by Crippen LogP contribution is -2.35. The standard InChI is InChI=1S/C23H25ClN2O4/c1-4-30-18-11-7-15(8-12-18)20-19(21(27)16-5-9-17(24)10-6-16)22(28)23(29)26(20)14-13-25(2)3/h5-12,20,27H,4,13-14H2,1-3H3/b21-19+. The van der Waals surface area contributed by atoms with E-state index in [9.17, 15) is 14.7 Å². The van der Waals surface area contributed by atoms with Crippen LogP contribution in [-0.2, 0) is 9.59 Å². The Hall–Kier alpha value is -2.83. The maximum atomic E-state index is 12.9. The summed E-state index contributed by atoms with van der Waals surface area (Å²) in [6.45, 7) is 3.38. The van der Waals surface area contributed by atoms with Crippen molar-refractivity contribution in [3.05, 3.63) is 70.3 Å². The number of hydrogen-bond acceptors (Lipinski definition) is 5. The summed E-state index contributed by atoms with van der Waals surface area (Å²) < 4.78 is 5.50. The lowest BCUT2D eigenvalue weighted by molar-refractivity contribution is -0.140. The molecule has 1 amide bonds. The normalized spacial score (nSPS) is 18.3. The minimum absolute atomic E-state index is 0.0743. The molecule has 0 bridgehead atoms. The van der Waals surface area contributed by atoms with Crippen LogP contribution in [0, 0.1) is 0 Å². The molecule has 7 heteroatoms. The summed E-state index contributed by atoms with van der Waals surface area (Å²) in [4.78, 5) is 29.2. The summed E-state index contributed by atoms with van der Waals surface area (Å²) in [5, 5.41) is 11.5. The molecule has 158 valence electrons. The SMILES string of the molecule is CCOc1ccc(C2/C(=C(\O)c3ccc(Cl)cc3)C(=O)C(=O)N2CCN(C)C)cc1. The molecule has 0 aliphatic carbocycles. The molecule has 1 atom stereocenters. The number of hydrogen-bond donors (Lipinski definition) is 1. The number of amides is 1. The number of benzene rings is 2. The number of rotatable bonds is 7. The molecule has 6 nitrogen and oxygen atoms in total. The molecule has 3 rings (SSSR count). The highest BCUT2D eigenvalue weighted by Gasteiger charge is 2.45. The molecular formula is C23H25ClN2O4. The van der Waals surface area contributed by atoms with Crippen LogP contribution in [0.25, 0.3) is 5.76 Å². The number of carbonyl (C=O) groups excluding carboxylic acids is 2. The number of carbonyl (C=O) groups is 2. The number of likely N-dealkylation sites (N-methyl/N-ethyl adjacent to an activating group) is 1. The summed E-state index contributed by atoms with van der Waals surface area (Å²) in [6.07, 6.45) is 0. The van der Waals surface area contributed by atoms with E-state index in [-0.39, 0.29) is 11.3 Å². The molecule has 1 aliphatic rings. The second-order valence-corrected chi connectivity index (χ2v) is 7.74. The third kappa shape index (κ3) is 4.50. The van der Waals surface area contributed by atoms with Gasteiger partial charge in [-0.1, -0.05) is 23.7 Å². The summed E-state index contributed by atoms with van der Waals surface area (Å²) >= 11 is 5.94. The van der Waals surface area contributed by atoms with Crippen molar-refractivity contribution in [2.45, 2.75) is 13.0 Å². The Bertz CT molecular complexity index is 952. The average Bonchev–Trinajstić information content (AvgIpc) is 2.98. The molecule has 1 unspecified atom stereocenters. The Morgan fingerprint density at radius 3 is 2.30 bits per heavy atom. The number of ether oxygens (including phenoxy) is 1. The van der Waals surface area contributed by atoms with Gasteiger partial charge >= 0.3 is 0 Å². The van der Waals surface area contributed by atoms with E-state index in [0.717, 1.165) is 5.56 Å². The van der Waals surface area contributed by atoms with Crippen molar-refractivity contribution >= 4 is 29.1 Å². The fourth-order valence-electron chi connectivity index (χ4n) is 3.44. The maximum absolute atomic E-state index is 12.9. The van der Waals surface area contributed by atoms with E-state index in [0.29, 0.717) is 36.0 Å². The van der Waals surface area contributed by atoms with E-state index in [1.54, 1.807) is 36.4 Å². The van der Waals surface area contributed by atoms with Gasteiger partial charge in [-0.15, -0.1) is 0 Å². The van der Waals surface area contributed by atoms with E-state index in [1.165, 1.54) is 4.90 Å². The van der Waals surface area contributed by atoms with Gasteiger partial charge in [0.2, 0.25) is 0 Å². The molecule has 2 aromatic carbocycles. The largest absolute Gasteiger partial charge is 0.507 e. The summed E-state index contributed by atoms with van der Waals surface area (Å²) in [5.74, 6) is -0.827. The molecule has 1 fully saturated rings. The second kappa shape index (κ2) is 9.32. The van der Waals surface area contributed by atoms with E-state index in [4.69, 9.17) is 16.3 Å². The molecule has 0 radical (unpaired) electrons. The van der Waals surface area contributed by atoms with Crippen molar-refractivity contribution in [1.82, 2.24) is 9.80 Å². The molecule has 1 saturated heterocycles. The van der Waals surface area contributed by atoms with Crippen molar-refractivity contribution in [1.29, 1.82) is 0 Å². The number of aliphatic hydroxyl groups is 1. The van der Waals surface area contributed by atoms with Gasteiger partial charge in [0.1, 0.15) is 11.5 Å². The predicted octanol–water partition coefficient (Wildman–Crippen LogP) is 3.72. The van der Waals surface area contributed by atoms with Crippen LogP contribution < -0.4 is 4.74 Å². The third-order valence-electron chi connectivity index (χ3n) is 4.95. The minimum atomic E-state index is -0.694. The zero-order valence-corrected chi connectivity index (χ0v) is 18.0. The Labute approximate surface area is 181 Å². The van der Waals surface area contributed by atoms with E-state index >= 15 is 0 Å². The Kier molecular flexibility index (Phi) is 6.80. The molecule has 1 N–H and O–H groups in total. The molecule has 0 saturated carbocycles. The van der Waals surface area contributed by atoms with Crippen molar-refractivity contribution in [3.8, 4) is 5.75 Å². The second-order valence-electron chi connectivity index (χ2n) is 7.30. The number of nitrogens with zero attached hydrogens (tertiary/aromatic N) is 2. The first-order chi connectivity index (χ1) is 14.3. The minimum Gasteiger partial charge on any atom is -0.507 e. The van der Waals surface area contributed by atoms with E-state index in [2.05, 4.69) is 0 Å². The van der Waals surface area contributed by atoms with Crippen molar-refractivity contribution in [2.75, 3.05) is 33.8 Å². The number of aliphatic hydroxyl groups excluding tert-OH is 1. The van der Waals surface area contributed by atoms with Crippen LogP contribution in [0.1, 0.15) is 24.1 Å². The summed E-state index contributed by atoms with van der Waals surface area (Å²) in [5.41, 5.74) is 1.23. The average molecular weight is 429 g/mol. The van der Waals surface area contributed by atoms with Gasteiger partial charge in [0.05, 0.1) is 18.2 Å². The monoisotopic (exact) mass is 428 g/mol. The van der Waals surface area contributed by atoms with Gasteiger partial charge in [-0.25, -0.2) is 0 Å². The molecule has 1 heterocycles.